The van der Waals surface area contributed by atoms with Crippen molar-refractivity contribution in [3.63, 3.8) is 0 Å². The van der Waals surface area contributed by atoms with Crippen molar-refractivity contribution < 1.29 is 8.42 Å². The van der Waals surface area contributed by atoms with E-state index in [4.69, 9.17) is 18.0 Å². The molecule has 0 aromatic carbocycles. The normalized spacial score (nSPS) is 22.5. The quantitative estimate of drug-likeness (QED) is 0.733. The van der Waals surface area contributed by atoms with Crippen LogP contribution in [0, 0.1) is 0 Å². The molecule has 0 amide bonds. The van der Waals surface area contributed by atoms with E-state index in [0.717, 1.165) is 32.4 Å². The van der Waals surface area contributed by atoms with Gasteiger partial charge < -0.3 is 5.73 Å². The summed E-state index contributed by atoms with van der Waals surface area (Å²) >= 11 is 5.06. The molecular formula is C11H22N2O2S2. The van der Waals surface area contributed by atoms with Gasteiger partial charge in [-0.1, -0.05) is 25.6 Å². The number of sulfone groups is 1. The van der Waals surface area contributed by atoms with Gasteiger partial charge in [-0.15, -0.1) is 0 Å². The van der Waals surface area contributed by atoms with E-state index in [1.807, 2.05) is 0 Å². The van der Waals surface area contributed by atoms with Crippen molar-refractivity contribution in [3.8, 4) is 0 Å². The van der Waals surface area contributed by atoms with E-state index in [0.29, 0.717) is 11.4 Å². The minimum Gasteiger partial charge on any atom is -0.392 e. The zero-order valence-electron chi connectivity index (χ0n) is 10.4. The van der Waals surface area contributed by atoms with Crippen LogP contribution in [0.15, 0.2) is 0 Å². The Labute approximate surface area is 109 Å². The Kier molecular flexibility index (Phi) is 5.82. The summed E-state index contributed by atoms with van der Waals surface area (Å²) in [4.78, 5) is 2.78. The molecule has 2 N–H and O–H groups in total. The summed E-state index contributed by atoms with van der Waals surface area (Å²) in [6, 6.07) is 0.170. The molecule has 1 atom stereocenters. The zero-order valence-corrected chi connectivity index (χ0v) is 12.0. The molecule has 4 nitrogen and oxygen atoms in total. The third-order valence-electron chi connectivity index (χ3n) is 3.28. The Morgan fingerprint density at radius 2 is 2.18 bits per heavy atom. The lowest BCUT2D eigenvalue weighted by atomic mass is 10.0. The Bertz CT molecular complexity index is 354. The molecule has 17 heavy (non-hydrogen) atoms. The molecule has 0 spiro atoms. The van der Waals surface area contributed by atoms with E-state index in [1.54, 1.807) is 6.92 Å². The highest BCUT2D eigenvalue weighted by Crippen LogP contribution is 2.17. The highest BCUT2D eigenvalue weighted by Gasteiger charge is 2.24. The molecule has 1 heterocycles. The van der Waals surface area contributed by atoms with Crippen molar-refractivity contribution in [3.05, 3.63) is 0 Å². The maximum atomic E-state index is 11.4. The Morgan fingerprint density at radius 3 is 2.76 bits per heavy atom. The van der Waals surface area contributed by atoms with E-state index in [-0.39, 0.29) is 17.5 Å². The monoisotopic (exact) mass is 278 g/mol. The molecular weight excluding hydrogens is 256 g/mol. The molecule has 0 aromatic heterocycles. The summed E-state index contributed by atoms with van der Waals surface area (Å²) in [6.07, 6.45) is 4.00. The molecule has 1 fully saturated rings. The van der Waals surface area contributed by atoms with Crippen LogP contribution in [0.2, 0.25) is 0 Å². The van der Waals surface area contributed by atoms with Crippen molar-refractivity contribution in [2.75, 3.05) is 24.6 Å². The van der Waals surface area contributed by atoms with E-state index < -0.39 is 9.84 Å². The van der Waals surface area contributed by atoms with Crippen LogP contribution in [0.4, 0.5) is 0 Å². The van der Waals surface area contributed by atoms with Gasteiger partial charge in [0.25, 0.3) is 0 Å². The Hall–Kier alpha value is -0.200. The largest absolute Gasteiger partial charge is 0.392 e. The summed E-state index contributed by atoms with van der Waals surface area (Å²) in [6.45, 7) is 3.45. The van der Waals surface area contributed by atoms with Crippen LogP contribution in [-0.4, -0.2) is 48.9 Å². The van der Waals surface area contributed by atoms with Gasteiger partial charge in [-0.25, -0.2) is 8.42 Å². The van der Waals surface area contributed by atoms with Crippen LogP contribution >= 0.6 is 12.2 Å². The summed E-state index contributed by atoms with van der Waals surface area (Å²) in [7, 11) is -2.85. The molecule has 1 unspecified atom stereocenters. The average molecular weight is 278 g/mol. The standard InChI is InChI=1S/C11H22N2O2S2/c1-2-17(14,15)9-5-8-13-7-4-3-6-10(13)11(12)16/h10H,2-9H2,1H3,(H2,12,16). The van der Waals surface area contributed by atoms with Gasteiger partial charge in [-0.3, -0.25) is 4.90 Å². The third kappa shape index (κ3) is 4.89. The average Bonchev–Trinajstić information content (AvgIpc) is 2.29. The number of rotatable bonds is 6. The minimum atomic E-state index is -2.85. The van der Waals surface area contributed by atoms with Crippen molar-refractivity contribution in [1.29, 1.82) is 0 Å². The molecule has 1 aliphatic rings. The smallest absolute Gasteiger partial charge is 0.150 e. The first-order chi connectivity index (χ1) is 7.96. The van der Waals surface area contributed by atoms with Gasteiger partial charge in [0, 0.05) is 5.75 Å². The maximum Gasteiger partial charge on any atom is 0.150 e. The molecule has 0 radical (unpaired) electrons. The number of nitrogens with zero attached hydrogens (tertiary/aromatic N) is 1. The van der Waals surface area contributed by atoms with Crippen molar-refractivity contribution in [2.45, 2.75) is 38.6 Å². The van der Waals surface area contributed by atoms with Gasteiger partial charge in [-0.2, -0.15) is 0 Å². The first-order valence-corrected chi connectivity index (χ1v) is 8.43. The highest BCUT2D eigenvalue weighted by molar-refractivity contribution is 7.91. The predicted octanol–water partition coefficient (Wildman–Crippen LogP) is 0.952. The molecule has 0 aromatic rings. The SMILES string of the molecule is CCS(=O)(=O)CCCN1CCCCC1C(N)=S. The maximum absolute atomic E-state index is 11.4. The van der Waals surface area contributed by atoms with E-state index >= 15 is 0 Å². The van der Waals surface area contributed by atoms with E-state index in [1.165, 1.54) is 0 Å². The second-order valence-corrected chi connectivity index (χ2v) is 7.48. The van der Waals surface area contributed by atoms with Crippen LogP contribution in [0.25, 0.3) is 0 Å². The number of hydrogen-bond donors (Lipinski definition) is 1. The summed E-state index contributed by atoms with van der Waals surface area (Å²) in [5.41, 5.74) is 5.71. The van der Waals surface area contributed by atoms with Crippen LogP contribution in [0.3, 0.4) is 0 Å². The van der Waals surface area contributed by atoms with Crippen LogP contribution in [0.1, 0.15) is 32.6 Å². The van der Waals surface area contributed by atoms with Gasteiger partial charge in [0.1, 0.15) is 9.84 Å². The Balaban J connectivity index is 2.41. The minimum absolute atomic E-state index is 0.170. The van der Waals surface area contributed by atoms with Gasteiger partial charge in [0.15, 0.2) is 0 Å². The van der Waals surface area contributed by atoms with Crippen LogP contribution in [0.5, 0.6) is 0 Å². The molecule has 0 saturated carbocycles. The van der Waals surface area contributed by atoms with Gasteiger partial charge in [-0.05, 0) is 32.4 Å². The molecule has 1 aliphatic heterocycles. The number of hydrogen-bond acceptors (Lipinski definition) is 4. The molecule has 6 heteroatoms. The van der Waals surface area contributed by atoms with Crippen LogP contribution in [-0.2, 0) is 9.84 Å². The highest BCUT2D eigenvalue weighted by atomic mass is 32.2. The fourth-order valence-corrected chi connectivity index (χ4v) is 3.34. The molecule has 0 bridgehead atoms. The molecule has 1 rings (SSSR count). The summed E-state index contributed by atoms with van der Waals surface area (Å²) < 4.78 is 22.8. The lowest BCUT2D eigenvalue weighted by molar-refractivity contribution is 0.193. The fraction of sp³-hybridized carbons (Fsp3) is 0.909. The third-order valence-corrected chi connectivity index (χ3v) is 5.34. The van der Waals surface area contributed by atoms with E-state index in [9.17, 15) is 8.42 Å². The van der Waals surface area contributed by atoms with Gasteiger partial charge >= 0.3 is 0 Å². The second kappa shape index (κ2) is 6.66. The predicted molar refractivity (Wildman–Crippen MR) is 74.9 cm³/mol. The second-order valence-electron chi connectivity index (χ2n) is 4.54. The lowest BCUT2D eigenvalue weighted by Gasteiger charge is -2.34. The first kappa shape index (κ1) is 14.9. The molecule has 100 valence electrons. The van der Waals surface area contributed by atoms with Gasteiger partial charge in [0.05, 0.1) is 16.8 Å². The summed E-state index contributed by atoms with van der Waals surface area (Å²) in [5.74, 6) is 0.496. The van der Waals surface area contributed by atoms with Crippen molar-refractivity contribution >= 4 is 27.0 Å². The fourth-order valence-electron chi connectivity index (χ4n) is 2.21. The van der Waals surface area contributed by atoms with Crippen molar-refractivity contribution in [2.24, 2.45) is 5.73 Å². The molecule has 1 saturated heterocycles. The number of nitrogens with two attached hydrogens (primary N) is 1. The number of piperidine rings is 1. The number of likely N-dealkylation sites (tertiary alicyclic amines) is 1. The zero-order chi connectivity index (χ0) is 12.9. The van der Waals surface area contributed by atoms with Crippen LogP contribution < -0.4 is 5.73 Å². The molecule has 0 aliphatic carbocycles. The van der Waals surface area contributed by atoms with E-state index in [2.05, 4.69) is 4.90 Å². The van der Waals surface area contributed by atoms with Crippen molar-refractivity contribution in [1.82, 2.24) is 4.90 Å². The summed E-state index contributed by atoms with van der Waals surface area (Å²) in [5, 5.41) is 0. The lowest BCUT2D eigenvalue weighted by Crippen LogP contribution is -2.47. The van der Waals surface area contributed by atoms with Gasteiger partial charge in [0.2, 0.25) is 0 Å². The Morgan fingerprint density at radius 1 is 1.47 bits per heavy atom. The first-order valence-electron chi connectivity index (χ1n) is 6.20. The number of thiocarbonyl (C=S) groups is 1. The topological polar surface area (TPSA) is 63.4 Å².